The number of amides is 1. The molecule has 0 aromatic heterocycles. The third-order valence-electron chi connectivity index (χ3n) is 4.17. The lowest BCUT2D eigenvalue weighted by molar-refractivity contribution is -0.384. The highest BCUT2D eigenvalue weighted by Gasteiger charge is 2.31. The Morgan fingerprint density at radius 3 is 2.32 bits per heavy atom. The van der Waals surface area contributed by atoms with Gasteiger partial charge in [0.2, 0.25) is 15.9 Å². The third kappa shape index (κ3) is 4.79. The molecule has 0 aliphatic heterocycles. The molecule has 1 unspecified atom stereocenters. The molecule has 0 aliphatic carbocycles. The first-order valence-corrected chi connectivity index (χ1v) is 10.5. The number of rotatable bonds is 6. The number of nitrogens with one attached hydrogen (secondary N) is 1. The summed E-state index contributed by atoms with van der Waals surface area (Å²) in [7, 11) is -3.91. The fraction of sp³-hybridized carbons (Fsp3) is 0.278. The number of sulfonamides is 1. The van der Waals surface area contributed by atoms with Crippen LogP contribution >= 0.6 is 11.6 Å². The molecule has 0 saturated heterocycles. The highest BCUT2D eigenvalue weighted by atomic mass is 35.5. The predicted octanol–water partition coefficient (Wildman–Crippen LogP) is 3.66. The smallest absolute Gasteiger partial charge is 0.271 e. The maximum Gasteiger partial charge on any atom is 0.271 e. The summed E-state index contributed by atoms with van der Waals surface area (Å²) in [6.07, 6.45) is 0.942. The van der Waals surface area contributed by atoms with Gasteiger partial charge in [0.05, 0.1) is 16.9 Å². The van der Waals surface area contributed by atoms with Crippen LogP contribution in [0, 0.1) is 24.0 Å². The SMILES string of the molecule is Cc1ccc(NC(=O)C(C)N(c2cc([N+](=O)[O-])ccc2C)S(C)(=O)=O)cc1Cl. The largest absolute Gasteiger partial charge is 0.324 e. The molecule has 2 rings (SSSR count). The van der Waals surface area contributed by atoms with Crippen LogP contribution in [0.4, 0.5) is 17.1 Å². The minimum Gasteiger partial charge on any atom is -0.324 e. The van der Waals surface area contributed by atoms with Gasteiger partial charge in [0, 0.05) is 22.8 Å². The van der Waals surface area contributed by atoms with E-state index in [0.29, 0.717) is 16.3 Å². The van der Waals surface area contributed by atoms with Crippen LogP contribution in [0.1, 0.15) is 18.1 Å². The molecule has 0 radical (unpaired) electrons. The fourth-order valence-corrected chi connectivity index (χ4v) is 4.05. The maximum absolute atomic E-state index is 12.7. The Kier molecular flexibility index (Phi) is 6.30. The van der Waals surface area contributed by atoms with Crippen molar-refractivity contribution in [2.45, 2.75) is 26.8 Å². The molecule has 1 N–H and O–H groups in total. The van der Waals surface area contributed by atoms with Crippen molar-refractivity contribution in [3.63, 3.8) is 0 Å². The molecule has 0 heterocycles. The Bertz CT molecular complexity index is 1040. The zero-order valence-corrected chi connectivity index (χ0v) is 17.3. The zero-order valence-electron chi connectivity index (χ0n) is 15.8. The first-order valence-electron chi connectivity index (χ1n) is 8.23. The van der Waals surface area contributed by atoms with Gasteiger partial charge in [-0.3, -0.25) is 19.2 Å². The Hall–Kier alpha value is -2.65. The van der Waals surface area contributed by atoms with Crippen molar-refractivity contribution in [3.05, 3.63) is 62.7 Å². The summed E-state index contributed by atoms with van der Waals surface area (Å²) >= 11 is 6.05. The van der Waals surface area contributed by atoms with Gasteiger partial charge in [-0.05, 0) is 44.0 Å². The number of aryl methyl sites for hydroxylation is 2. The quantitative estimate of drug-likeness (QED) is 0.561. The van der Waals surface area contributed by atoms with Crippen molar-refractivity contribution in [1.29, 1.82) is 0 Å². The number of halogens is 1. The van der Waals surface area contributed by atoms with Crippen molar-refractivity contribution in [2.24, 2.45) is 0 Å². The van der Waals surface area contributed by atoms with Crippen molar-refractivity contribution in [1.82, 2.24) is 0 Å². The number of anilines is 2. The molecule has 0 saturated carbocycles. The van der Waals surface area contributed by atoms with Crippen LogP contribution in [-0.2, 0) is 14.8 Å². The van der Waals surface area contributed by atoms with Crippen molar-refractivity contribution < 1.29 is 18.1 Å². The van der Waals surface area contributed by atoms with Crippen LogP contribution < -0.4 is 9.62 Å². The summed E-state index contributed by atoms with van der Waals surface area (Å²) in [5.74, 6) is -0.601. The third-order valence-corrected chi connectivity index (χ3v) is 5.80. The van der Waals surface area contributed by atoms with E-state index in [9.17, 15) is 23.3 Å². The summed E-state index contributed by atoms with van der Waals surface area (Å²) in [5.41, 5.74) is 1.52. The number of nitro benzene ring substituents is 1. The molecule has 0 aliphatic rings. The van der Waals surface area contributed by atoms with Crippen LogP contribution in [0.15, 0.2) is 36.4 Å². The van der Waals surface area contributed by atoms with E-state index in [4.69, 9.17) is 11.6 Å². The lowest BCUT2D eigenvalue weighted by Crippen LogP contribution is -2.45. The summed E-state index contributed by atoms with van der Waals surface area (Å²) in [4.78, 5) is 23.2. The van der Waals surface area contributed by atoms with Crippen LogP contribution in [0.25, 0.3) is 0 Å². The standard InChI is InChI=1S/C18H20ClN3O5S/c1-11-5-7-14(9-16(11)19)20-18(23)13(3)21(28(4,26)27)17-10-15(22(24)25)8-6-12(17)2/h5-10,13H,1-4H3,(H,20,23). The Morgan fingerprint density at radius 2 is 1.79 bits per heavy atom. The number of nitro groups is 1. The maximum atomic E-state index is 12.7. The molecule has 2 aromatic rings. The number of nitrogens with zero attached hydrogens (tertiary/aromatic N) is 2. The van der Waals surface area contributed by atoms with Gasteiger partial charge in [0.15, 0.2) is 0 Å². The summed E-state index contributed by atoms with van der Waals surface area (Å²) in [6, 6.07) is 7.63. The van der Waals surface area contributed by atoms with Crippen LogP contribution in [0.5, 0.6) is 0 Å². The molecule has 10 heteroatoms. The molecule has 0 bridgehead atoms. The van der Waals surface area contributed by atoms with E-state index in [2.05, 4.69) is 5.32 Å². The lowest BCUT2D eigenvalue weighted by atomic mass is 10.1. The predicted molar refractivity (Wildman–Crippen MR) is 109 cm³/mol. The molecule has 28 heavy (non-hydrogen) atoms. The lowest BCUT2D eigenvalue weighted by Gasteiger charge is -2.29. The van der Waals surface area contributed by atoms with Gasteiger partial charge in [-0.25, -0.2) is 8.42 Å². The van der Waals surface area contributed by atoms with Gasteiger partial charge in [0.25, 0.3) is 5.69 Å². The second-order valence-electron chi connectivity index (χ2n) is 6.42. The highest BCUT2D eigenvalue weighted by Crippen LogP contribution is 2.29. The first-order chi connectivity index (χ1) is 12.9. The normalized spacial score (nSPS) is 12.3. The Balaban J connectivity index is 2.43. The summed E-state index contributed by atoms with van der Waals surface area (Å²) < 4.78 is 25.7. The zero-order chi connectivity index (χ0) is 21.2. The number of hydrogen-bond acceptors (Lipinski definition) is 5. The molecule has 1 amide bonds. The number of benzene rings is 2. The average Bonchev–Trinajstić information content (AvgIpc) is 2.58. The van der Waals surface area contributed by atoms with E-state index in [-0.39, 0.29) is 11.4 Å². The topological polar surface area (TPSA) is 110 Å². The van der Waals surface area contributed by atoms with E-state index in [1.54, 1.807) is 25.1 Å². The van der Waals surface area contributed by atoms with Crippen molar-refractivity contribution in [3.8, 4) is 0 Å². The second kappa shape index (κ2) is 8.15. The van der Waals surface area contributed by atoms with E-state index < -0.39 is 26.9 Å². The molecule has 8 nitrogen and oxygen atoms in total. The fourth-order valence-electron chi connectivity index (χ4n) is 2.65. The van der Waals surface area contributed by atoms with Gasteiger partial charge in [-0.1, -0.05) is 23.7 Å². The number of hydrogen-bond donors (Lipinski definition) is 1. The molecule has 2 aromatic carbocycles. The molecule has 150 valence electrons. The molecular formula is C18H20ClN3O5S. The number of carbonyl (C=O) groups excluding carboxylic acids is 1. The Labute approximate surface area is 168 Å². The summed E-state index contributed by atoms with van der Waals surface area (Å²) in [6.45, 7) is 4.83. The van der Waals surface area contributed by atoms with Crippen LogP contribution in [0.2, 0.25) is 5.02 Å². The Morgan fingerprint density at radius 1 is 1.18 bits per heavy atom. The van der Waals surface area contributed by atoms with Crippen LogP contribution in [0.3, 0.4) is 0 Å². The van der Waals surface area contributed by atoms with E-state index in [0.717, 1.165) is 22.2 Å². The van der Waals surface area contributed by atoms with Crippen molar-refractivity contribution in [2.75, 3.05) is 15.9 Å². The molecular weight excluding hydrogens is 406 g/mol. The number of non-ortho nitro benzene ring substituents is 1. The van der Waals surface area contributed by atoms with Crippen LogP contribution in [-0.4, -0.2) is 31.5 Å². The van der Waals surface area contributed by atoms with Crippen molar-refractivity contribution >= 4 is 44.6 Å². The highest BCUT2D eigenvalue weighted by molar-refractivity contribution is 7.92. The molecule has 1 atom stereocenters. The van der Waals surface area contributed by atoms with E-state index in [1.807, 2.05) is 6.92 Å². The summed E-state index contributed by atoms with van der Waals surface area (Å²) in [5, 5.41) is 14.2. The van der Waals surface area contributed by atoms with Gasteiger partial charge in [-0.15, -0.1) is 0 Å². The molecule has 0 spiro atoms. The van der Waals surface area contributed by atoms with Gasteiger partial charge in [0.1, 0.15) is 6.04 Å². The minimum atomic E-state index is -3.91. The van der Waals surface area contributed by atoms with E-state index >= 15 is 0 Å². The second-order valence-corrected chi connectivity index (χ2v) is 8.68. The minimum absolute atomic E-state index is 0.0706. The van der Waals surface area contributed by atoms with Gasteiger partial charge in [-0.2, -0.15) is 0 Å². The first kappa shape index (κ1) is 21.6. The average molecular weight is 426 g/mol. The monoisotopic (exact) mass is 425 g/mol. The van der Waals surface area contributed by atoms with Gasteiger partial charge < -0.3 is 5.32 Å². The van der Waals surface area contributed by atoms with E-state index in [1.165, 1.54) is 19.1 Å². The van der Waals surface area contributed by atoms with Gasteiger partial charge >= 0.3 is 0 Å². The number of carbonyl (C=O) groups is 1. The molecule has 0 fully saturated rings.